The van der Waals surface area contributed by atoms with Gasteiger partial charge in [-0.05, 0) is 46.9 Å². The molecule has 1 fully saturated rings. The van der Waals surface area contributed by atoms with E-state index in [0.29, 0.717) is 6.04 Å². The average molecular weight is 299 g/mol. The van der Waals surface area contributed by atoms with Gasteiger partial charge in [-0.15, -0.1) is 0 Å². The Hall–Kier alpha value is -0.580. The normalized spacial score (nSPS) is 21.6. The van der Waals surface area contributed by atoms with Crippen molar-refractivity contribution in [1.29, 1.82) is 0 Å². The fraction of sp³-hybridized carbons (Fsp3) is 0.538. The van der Waals surface area contributed by atoms with Crippen LogP contribution < -0.4 is 5.73 Å². The number of likely N-dealkylation sites (tertiary alicyclic amines) is 1. The molecule has 1 saturated heterocycles. The zero-order valence-electron chi connectivity index (χ0n) is 9.90. The zero-order chi connectivity index (χ0) is 12.3. The van der Waals surface area contributed by atoms with Crippen molar-refractivity contribution in [3.8, 4) is 0 Å². The summed E-state index contributed by atoms with van der Waals surface area (Å²) >= 11 is 3.53. The zero-order valence-corrected chi connectivity index (χ0v) is 11.5. The summed E-state index contributed by atoms with van der Waals surface area (Å²) in [6, 6.07) is 6.27. The van der Waals surface area contributed by atoms with E-state index < -0.39 is 0 Å². The molecule has 2 rings (SSSR count). The summed E-state index contributed by atoms with van der Waals surface area (Å²) in [5, 5.41) is 9.39. The largest absolute Gasteiger partial charge is 0.398 e. The van der Waals surface area contributed by atoms with Gasteiger partial charge in [0.2, 0.25) is 0 Å². The summed E-state index contributed by atoms with van der Waals surface area (Å²) < 4.78 is 0.988. The Kier molecular flexibility index (Phi) is 4.42. The minimum absolute atomic E-state index is 0.250. The molecule has 0 aromatic heterocycles. The van der Waals surface area contributed by atoms with E-state index in [9.17, 15) is 5.11 Å². The molecule has 17 heavy (non-hydrogen) atoms. The number of anilines is 1. The van der Waals surface area contributed by atoms with E-state index in [2.05, 4.69) is 26.9 Å². The molecular weight excluding hydrogens is 280 g/mol. The molecule has 3 nitrogen and oxygen atoms in total. The molecule has 4 heteroatoms. The second kappa shape index (κ2) is 5.85. The number of aliphatic hydroxyl groups excluding tert-OH is 1. The molecule has 1 aromatic carbocycles. The van der Waals surface area contributed by atoms with Gasteiger partial charge in [0, 0.05) is 22.7 Å². The first kappa shape index (κ1) is 12.9. The van der Waals surface area contributed by atoms with Crippen LogP contribution in [0.4, 0.5) is 5.69 Å². The molecule has 1 aliphatic rings. The molecule has 94 valence electrons. The molecule has 0 amide bonds. The maximum atomic E-state index is 9.39. The van der Waals surface area contributed by atoms with E-state index in [1.165, 1.54) is 18.4 Å². The Labute approximate surface area is 111 Å². The Morgan fingerprint density at radius 2 is 2.24 bits per heavy atom. The monoisotopic (exact) mass is 298 g/mol. The Morgan fingerprint density at radius 1 is 1.41 bits per heavy atom. The Bertz CT molecular complexity index is 384. The SMILES string of the molecule is Nc1cccc(CN2CCCCC2CO)c1Br. The third kappa shape index (κ3) is 3.00. The van der Waals surface area contributed by atoms with Crippen LogP contribution in [0.1, 0.15) is 24.8 Å². The van der Waals surface area contributed by atoms with Crippen LogP contribution in [-0.2, 0) is 6.54 Å². The molecule has 0 radical (unpaired) electrons. The molecule has 1 heterocycles. The predicted octanol–water partition coefficient (Wildman–Crippen LogP) is 2.38. The number of nitrogens with zero attached hydrogens (tertiary/aromatic N) is 1. The van der Waals surface area contributed by atoms with Crippen LogP contribution in [0.5, 0.6) is 0 Å². The highest BCUT2D eigenvalue weighted by molar-refractivity contribution is 9.10. The first-order valence-electron chi connectivity index (χ1n) is 6.10. The van der Waals surface area contributed by atoms with Gasteiger partial charge in [0.05, 0.1) is 6.61 Å². The second-order valence-electron chi connectivity index (χ2n) is 4.62. The lowest BCUT2D eigenvalue weighted by Crippen LogP contribution is -2.41. The smallest absolute Gasteiger partial charge is 0.0586 e. The molecule has 1 atom stereocenters. The fourth-order valence-electron chi connectivity index (χ4n) is 2.42. The van der Waals surface area contributed by atoms with Crippen molar-refractivity contribution in [1.82, 2.24) is 4.90 Å². The third-order valence-electron chi connectivity index (χ3n) is 3.44. The van der Waals surface area contributed by atoms with Crippen molar-refractivity contribution in [2.75, 3.05) is 18.9 Å². The van der Waals surface area contributed by atoms with Crippen LogP contribution >= 0.6 is 15.9 Å². The summed E-state index contributed by atoms with van der Waals surface area (Å²) in [7, 11) is 0. The second-order valence-corrected chi connectivity index (χ2v) is 5.42. The molecule has 1 aliphatic heterocycles. The highest BCUT2D eigenvalue weighted by Crippen LogP contribution is 2.27. The Morgan fingerprint density at radius 3 is 3.00 bits per heavy atom. The maximum absolute atomic E-state index is 9.39. The van der Waals surface area contributed by atoms with Crippen LogP contribution in [0, 0.1) is 0 Å². The summed E-state index contributed by atoms with van der Waals surface area (Å²) in [4.78, 5) is 2.35. The van der Waals surface area contributed by atoms with Gasteiger partial charge in [-0.3, -0.25) is 4.90 Å². The number of rotatable bonds is 3. The van der Waals surface area contributed by atoms with Crippen molar-refractivity contribution in [3.05, 3.63) is 28.2 Å². The predicted molar refractivity (Wildman–Crippen MR) is 73.7 cm³/mol. The van der Waals surface area contributed by atoms with E-state index >= 15 is 0 Å². The van der Waals surface area contributed by atoms with E-state index in [0.717, 1.165) is 29.7 Å². The highest BCUT2D eigenvalue weighted by atomic mass is 79.9. The van der Waals surface area contributed by atoms with Gasteiger partial charge in [-0.2, -0.15) is 0 Å². The number of piperidine rings is 1. The molecule has 3 N–H and O–H groups in total. The first-order chi connectivity index (χ1) is 8.22. The first-order valence-corrected chi connectivity index (χ1v) is 6.89. The summed E-state index contributed by atoms with van der Waals surface area (Å²) in [5.41, 5.74) is 7.86. The highest BCUT2D eigenvalue weighted by Gasteiger charge is 2.22. The van der Waals surface area contributed by atoms with Crippen LogP contribution in [0.2, 0.25) is 0 Å². The quantitative estimate of drug-likeness (QED) is 0.843. The third-order valence-corrected chi connectivity index (χ3v) is 4.41. The minimum atomic E-state index is 0.250. The molecule has 0 aliphatic carbocycles. The minimum Gasteiger partial charge on any atom is -0.398 e. The van der Waals surface area contributed by atoms with Gasteiger partial charge in [0.15, 0.2) is 0 Å². The van der Waals surface area contributed by atoms with Crippen molar-refractivity contribution < 1.29 is 5.11 Å². The lowest BCUT2D eigenvalue weighted by atomic mass is 10.0. The molecule has 1 unspecified atom stereocenters. The number of nitrogens with two attached hydrogens (primary N) is 1. The lowest BCUT2D eigenvalue weighted by molar-refractivity contribution is 0.0840. The van der Waals surface area contributed by atoms with Gasteiger partial charge in [0.1, 0.15) is 0 Å². The number of aliphatic hydroxyl groups is 1. The van der Waals surface area contributed by atoms with Crippen LogP contribution in [0.15, 0.2) is 22.7 Å². The van der Waals surface area contributed by atoms with Gasteiger partial charge >= 0.3 is 0 Å². The number of nitrogen functional groups attached to an aromatic ring is 1. The van der Waals surface area contributed by atoms with E-state index in [4.69, 9.17) is 5.73 Å². The number of halogens is 1. The van der Waals surface area contributed by atoms with Gasteiger partial charge < -0.3 is 10.8 Å². The fourth-order valence-corrected chi connectivity index (χ4v) is 2.81. The Balaban J connectivity index is 2.11. The van der Waals surface area contributed by atoms with Gasteiger partial charge in [0.25, 0.3) is 0 Å². The summed E-state index contributed by atoms with van der Waals surface area (Å²) in [6.45, 7) is 2.17. The van der Waals surface area contributed by atoms with E-state index in [-0.39, 0.29) is 6.61 Å². The molecule has 1 aromatic rings. The van der Waals surface area contributed by atoms with Crippen LogP contribution in [0.25, 0.3) is 0 Å². The van der Waals surface area contributed by atoms with Crippen molar-refractivity contribution in [3.63, 3.8) is 0 Å². The van der Waals surface area contributed by atoms with Crippen molar-refractivity contribution >= 4 is 21.6 Å². The molecular formula is C13H19BrN2O. The topological polar surface area (TPSA) is 49.5 Å². The van der Waals surface area contributed by atoms with Crippen molar-refractivity contribution in [2.24, 2.45) is 0 Å². The lowest BCUT2D eigenvalue weighted by Gasteiger charge is -2.34. The molecule has 0 saturated carbocycles. The van der Waals surface area contributed by atoms with Crippen molar-refractivity contribution in [2.45, 2.75) is 31.8 Å². The maximum Gasteiger partial charge on any atom is 0.0586 e. The van der Waals surface area contributed by atoms with Gasteiger partial charge in [-0.25, -0.2) is 0 Å². The van der Waals surface area contributed by atoms with Crippen LogP contribution in [0.3, 0.4) is 0 Å². The number of hydrogen-bond acceptors (Lipinski definition) is 3. The average Bonchev–Trinajstić information content (AvgIpc) is 2.35. The molecule has 0 bridgehead atoms. The van der Waals surface area contributed by atoms with E-state index in [1.807, 2.05) is 12.1 Å². The van der Waals surface area contributed by atoms with Crippen LogP contribution in [-0.4, -0.2) is 29.2 Å². The van der Waals surface area contributed by atoms with E-state index in [1.54, 1.807) is 0 Å². The van der Waals surface area contributed by atoms with Gasteiger partial charge in [-0.1, -0.05) is 18.6 Å². The summed E-state index contributed by atoms with van der Waals surface area (Å²) in [6.07, 6.45) is 3.53. The molecule has 0 spiro atoms. The standard InChI is InChI=1S/C13H19BrN2O/c14-13-10(4-3-6-12(13)15)8-16-7-2-1-5-11(16)9-17/h3-4,6,11,17H,1-2,5,7-9,15H2. The summed E-state index contributed by atoms with van der Waals surface area (Å²) in [5.74, 6) is 0. The number of benzene rings is 1. The number of hydrogen-bond donors (Lipinski definition) is 2.